The second-order valence-corrected chi connectivity index (χ2v) is 4.88. The van der Waals surface area contributed by atoms with Gasteiger partial charge in [-0.3, -0.25) is 4.21 Å². The van der Waals surface area contributed by atoms with Crippen molar-refractivity contribution < 1.29 is 13.7 Å². The fourth-order valence-corrected chi connectivity index (χ4v) is 1.56. The number of rotatable bonds is 7. The summed E-state index contributed by atoms with van der Waals surface area (Å²) in [6, 6.07) is 0. The number of hydrogen-bond donors (Lipinski definition) is 1. The molecule has 0 aromatic rings. The van der Waals surface area contributed by atoms with Crippen LogP contribution in [0.25, 0.3) is 0 Å². The van der Waals surface area contributed by atoms with Crippen LogP contribution in [0.2, 0.25) is 0 Å². The van der Waals surface area contributed by atoms with Gasteiger partial charge in [-0.05, 0) is 6.92 Å². The van der Waals surface area contributed by atoms with E-state index in [9.17, 15) is 9.00 Å². The number of nitrogens with one attached hydrogen (secondary N) is 1. The van der Waals surface area contributed by atoms with Gasteiger partial charge in [-0.15, -0.1) is 0 Å². The minimum Gasteiger partial charge on any atom is -0.466 e. The Hall–Kier alpha value is -0.680. The third kappa shape index (κ3) is 7.27. The van der Waals surface area contributed by atoms with Crippen LogP contribution in [-0.2, 0) is 20.3 Å². The number of esters is 1. The second-order valence-electron chi connectivity index (χ2n) is 3.02. The van der Waals surface area contributed by atoms with E-state index >= 15 is 0 Å². The van der Waals surface area contributed by atoms with Crippen molar-refractivity contribution in [2.24, 2.45) is 0 Å². The number of hydrogen-bond acceptors (Lipinski definition) is 4. The fourth-order valence-electron chi connectivity index (χ4n) is 0.902. The molecule has 0 bridgehead atoms. The minimum absolute atomic E-state index is 0.311. The molecule has 0 aliphatic rings. The third-order valence-electron chi connectivity index (χ3n) is 1.89. The third-order valence-corrected chi connectivity index (χ3v) is 3.19. The lowest BCUT2D eigenvalue weighted by Gasteiger charge is -2.02. The predicted octanol–water partition coefficient (Wildman–Crippen LogP) is 0.464. The molecule has 0 rings (SSSR count). The van der Waals surface area contributed by atoms with Crippen molar-refractivity contribution in [2.45, 2.75) is 13.8 Å². The highest BCUT2D eigenvalue weighted by molar-refractivity contribution is 7.84. The normalized spacial score (nSPS) is 13.7. The molecule has 0 spiro atoms. The van der Waals surface area contributed by atoms with Gasteiger partial charge in [0.25, 0.3) is 0 Å². The molecule has 88 valence electrons. The van der Waals surface area contributed by atoms with Crippen molar-refractivity contribution in [1.29, 1.82) is 0 Å². The Morgan fingerprint density at radius 1 is 1.53 bits per heavy atom. The maximum Gasteiger partial charge on any atom is 0.333 e. The van der Waals surface area contributed by atoms with Crippen molar-refractivity contribution >= 4 is 16.8 Å². The number of methoxy groups -OCH3 is 1. The molecule has 1 atom stereocenters. The highest BCUT2D eigenvalue weighted by Gasteiger charge is 2.01. The van der Waals surface area contributed by atoms with Crippen LogP contribution in [0.1, 0.15) is 13.8 Å². The summed E-state index contributed by atoms with van der Waals surface area (Å²) in [6.45, 7) is 4.91. The maximum absolute atomic E-state index is 11.0. The number of carbonyl (C=O) groups excluding carboxylic acids is 1. The van der Waals surface area contributed by atoms with E-state index in [-0.39, 0.29) is 5.97 Å². The van der Waals surface area contributed by atoms with E-state index < -0.39 is 10.8 Å². The Morgan fingerprint density at radius 3 is 2.73 bits per heavy atom. The lowest BCUT2D eigenvalue weighted by Crippen LogP contribution is -2.21. The molecule has 0 amide bonds. The molecule has 0 heterocycles. The Morgan fingerprint density at radius 2 is 2.20 bits per heavy atom. The van der Waals surface area contributed by atoms with Crippen molar-refractivity contribution in [2.75, 3.05) is 31.7 Å². The first-order chi connectivity index (χ1) is 7.11. The molecule has 15 heavy (non-hydrogen) atoms. The highest BCUT2D eigenvalue weighted by Crippen LogP contribution is 1.93. The topological polar surface area (TPSA) is 55.4 Å². The Bertz CT molecular complexity index is 251. The van der Waals surface area contributed by atoms with Gasteiger partial charge in [0.05, 0.1) is 7.11 Å². The van der Waals surface area contributed by atoms with Crippen molar-refractivity contribution in [3.8, 4) is 0 Å². The van der Waals surface area contributed by atoms with Crippen LogP contribution in [0, 0.1) is 0 Å². The summed E-state index contributed by atoms with van der Waals surface area (Å²) in [5.74, 6) is 1.04. The molecule has 5 heteroatoms. The van der Waals surface area contributed by atoms with E-state index in [0.717, 1.165) is 0 Å². The molecule has 0 aliphatic heterocycles. The van der Waals surface area contributed by atoms with E-state index in [1.807, 2.05) is 6.92 Å². The van der Waals surface area contributed by atoms with Gasteiger partial charge >= 0.3 is 5.97 Å². The van der Waals surface area contributed by atoms with Crippen LogP contribution in [0.3, 0.4) is 0 Å². The van der Waals surface area contributed by atoms with E-state index in [2.05, 4.69) is 10.1 Å². The van der Waals surface area contributed by atoms with Crippen LogP contribution in [0.5, 0.6) is 0 Å². The van der Waals surface area contributed by atoms with E-state index in [1.165, 1.54) is 7.11 Å². The van der Waals surface area contributed by atoms with E-state index in [0.29, 0.717) is 30.2 Å². The highest BCUT2D eigenvalue weighted by atomic mass is 32.2. The average molecular weight is 233 g/mol. The maximum atomic E-state index is 11.0. The largest absolute Gasteiger partial charge is 0.466 e. The number of ether oxygens (including phenoxy) is 1. The predicted molar refractivity (Wildman–Crippen MR) is 62.2 cm³/mol. The van der Waals surface area contributed by atoms with Gasteiger partial charge in [0.15, 0.2) is 0 Å². The van der Waals surface area contributed by atoms with Gasteiger partial charge in [0.1, 0.15) is 0 Å². The smallest absolute Gasteiger partial charge is 0.333 e. The van der Waals surface area contributed by atoms with Crippen LogP contribution >= 0.6 is 0 Å². The van der Waals surface area contributed by atoms with E-state index in [4.69, 9.17) is 0 Å². The molecule has 0 radical (unpaired) electrons. The molecule has 0 fully saturated rings. The molecular formula is C10H19NO3S. The zero-order valence-electron chi connectivity index (χ0n) is 9.54. The quantitative estimate of drug-likeness (QED) is 0.394. The monoisotopic (exact) mass is 233 g/mol. The van der Waals surface area contributed by atoms with Gasteiger partial charge in [-0.2, -0.15) is 0 Å². The van der Waals surface area contributed by atoms with Crippen molar-refractivity contribution in [1.82, 2.24) is 5.32 Å². The van der Waals surface area contributed by atoms with Gasteiger partial charge < -0.3 is 10.1 Å². The summed E-state index contributed by atoms with van der Waals surface area (Å²) in [5, 5.41) is 3.08. The summed E-state index contributed by atoms with van der Waals surface area (Å²) < 4.78 is 15.6. The fraction of sp³-hybridized carbons (Fsp3) is 0.700. The van der Waals surface area contributed by atoms with Gasteiger partial charge in [0, 0.05) is 41.0 Å². The van der Waals surface area contributed by atoms with Crippen LogP contribution in [0.15, 0.2) is 11.6 Å². The van der Waals surface area contributed by atoms with Gasteiger partial charge in [-0.25, -0.2) is 4.79 Å². The van der Waals surface area contributed by atoms with Crippen LogP contribution < -0.4 is 5.32 Å². The van der Waals surface area contributed by atoms with Crippen molar-refractivity contribution in [3.63, 3.8) is 0 Å². The first kappa shape index (κ1) is 14.3. The van der Waals surface area contributed by atoms with E-state index in [1.54, 1.807) is 13.0 Å². The average Bonchev–Trinajstić information content (AvgIpc) is 2.26. The molecule has 1 unspecified atom stereocenters. The zero-order valence-corrected chi connectivity index (χ0v) is 10.4. The first-order valence-corrected chi connectivity index (χ1v) is 6.41. The summed E-state index contributed by atoms with van der Waals surface area (Å²) >= 11 is 0. The molecule has 0 aromatic heterocycles. The number of carbonyl (C=O) groups is 1. The molecule has 0 saturated heterocycles. The lowest BCUT2D eigenvalue weighted by atomic mass is 10.3. The zero-order chi connectivity index (χ0) is 11.7. The summed E-state index contributed by atoms with van der Waals surface area (Å²) in [5.41, 5.74) is 0.585. The standard InChI is InChI=1S/C10H19NO3S/c1-4-15(13)8-7-11-6-5-9(2)10(12)14-3/h5,11H,4,6-8H2,1-3H3/b9-5-. The minimum atomic E-state index is -0.726. The van der Waals surface area contributed by atoms with Gasteiger partial charge in [0.2, 0.25) is 0 Å². The van der Waals surface area contributed by atoms with Gasteiger partial charge in [-0.1, -0.05) is 13.0 Å². The van der Waals surface area contributed by atoms with Crippen LogP contribution in [-0.4, -0.2) is 41.9 Å². The molecule has 0 aromatic carbocycles. The Labute approximate surface area is 93.5 Å². The molecule has 0 saturated carbocycles. The van der Waals surface area contributed by atoms with Crippen molar-refractivity contribution in [3.05, 3.63) is 11.6 Å². The van der Waals surface area contributed by atoms with Crippen LogP contribution in [0.4, 0.5) is 0 Å². The second kappa shape index (κ2) is 8.61. The Balaban J connectivity index is 3.61. The molecular weight excluding hydrogens is 214 g/mol. The lowest BCUT2D eigenvalue weighted by molar-refractivity contribution is -0.136. The summed E-state index contributed by atoms with van der Waals surface area (Å²) in [4.78, 5) is 11.0. The first-order valence-electron chi connectivity index (χ1n) is 4.92. The summed E-state index contributed by atoms with van der Waals surface area (Å²) in [7, 11) is 0.632. The molecule has 4 nitrogen and oxygen atoms in total. The molecule has 1 N–H and O–H groups in total. The SMILES string of the molecule is CCS(=O)CCNC/C=C(/C)C(=O)OC. The molecule has 0 aliphatic carbocycles. The Kier molecular flexibility index (Phi) is 8.22. The summed E-state index contributed by atoms with van der Waals surface area (Å²) in [6.07, 6.45) is 1.76.